The second-order valence-electron chi connectivity index (χ2n) is 2.92. The van der Waals surface area contributed by atoms with E-state index < -0.39 is 0 Å². The Bertz CT molecular complexity index is 253. The number of allylic oxidation sites excluding steroid dienone is 2. The highest BCUT2D eigenvalue weighted by atomic mass is 16.1. The summed E-state index contributed by atoms with van der Waals surface area (Å²) in [5.74, 6) is -0.0325. The molecule has 0 saturated carbocycles. The molecule has 1 aliphatic carbocycles. The van der Waals surface area contributed by atoms with E-state index in [1.165, 1.54) is 6.92 Å². The average molecular weight is 163 g/mol. The van der Waals surface area contributed by atoms with E-state index in [4.69, 9.17) is 0 Å². The smallest absolute Gasteiger partial charge is 0.217 e. The van der Waals surface area contributed by atoms with Gasteiger partial charge in [0.15, 0.2) is 0 Å². The topological polar surface area (TPSA) is 29.1 Å². The highest BCUT2D eigenvalue weighted by Gasteiger charge is 2.23. The van der Waals surface area contributed by atoms with Gasteiger partial charge in [0.1, 0.15) is 0 Å². The van der Waals surface area contributed by atoms with Crippen molar-refractivity contribution in [3.05, 3.63) is 37.0 Å². The first-order valence-corrected chi connectivity index (χ1v) is 3.95. The molecule has 0 aliphatic heterocycles. The van der Waals surface area contributed by atoms with E-state index in [0.29, 0.717) is 0 Å². The summed E-state index contributed by atoms with van der Waals surface area (Å²) in [6.45, 7) is 5.22. The number of carbonyl (C=O) groups is 1. The quantitative estimate of drug-likeness (QED) is 0.615. The Morgan fingerprint density at radius 3 is 2.83 bits per heavy atom. The lowest BCUT2D eigenvalue weighted by Crippen LogP contribution is -2.44. The Kier molecular flexibility index (Phi) is 2.48. The molecule has 0 aromatic carbocycles. The molecule has 0 aromatic rings. The summed E-state index contributed by atoms with van der Waals surface area (Å²) in [7, 11) is 0. The van der Waals surface area contributed by atoms with Crippen molar-refractivity contribution in [3.63, 3.8) is 0 Å². The van der Waals surface area contributed by atoms with Crippen LogP contribution in [-0.2, 0) is 4.79 Å². The van der Waals surface area contributed by atoms with Crippen LogP contribution in [0.3, 0.4) is 0 Å². The van der Waals surface area contributed by atoms with Crippen LogP contribution in [0.2, 0.25) is 0 Å². The first-order chi connectivity index (χ1) is 5.68. The normalized spacial score (nSPS) is 26.8. The number of hydrogen-bond donors (Lipinski definition) is 1. The Morgan fingerprint density at radius 1 is 1.67 bits per heavy atom. The average Bonchev–Trinajstić information content (AvgIpc) is 2.05. The third-order valence-corrected chi connectivity index (χ3v) is 1.87. The van der Waals surface area contributed by atoms with E-state index in [0.717, 1.165) is 6.42 Å². The lowest BCUT2D eigenvalue weighted by molar-refractivity contribution is -0.119. The predicted octanol–water partition coefficient (Wildman–Crippen LogP) is 1.56. The Balaban J connectivity index is 2.76. The van der Waals surface area contributed by atoms with Crippen molar-refractivity contribution in [1.82, 2.24) is 5.32 Å². The maximum Gasteiger partial charge on any atom is 0.217 e. The molecule has 1 amide bonds. The fourth-order valence-electron chi connectivity index (χ4n) is 1.26. The van der Waals surface area contributed by atoms with Crippen LogP contribution in [0, 0.1) is 0 Å². The van der Waals surface area contributed by atoms with Gasteiger partial charge in [0.25, 0.3) is 0 Å². The monoisotopic (exact) mass is 163 g/mol. The van der Waals surface area contributed by atoms with Gasteiger partial charge in [0, 0.05) is 6.92 Å². The van der Waals surface area contributed by atoms with Crippen molar-refractivity contribution in [1.29, 1.82) is 0 Å². The van der Waals surface area contributed by atoms with Crippen molar-refractivity contribution in [2.75, 3.05) is 0 Å². The minimum absolute atomic E-state index is 0.0325. The first-order valence-electron chi connectivity index (χ1n) is 3.95. The van der Waals surface area contributed by atoms with E-state index in [-0.39, 0.29) is 11.4 Å². The first kappa shape index (κ1) is 8.78. The van der Waals surface area contributed by atoms with Crippen LogP contribution < -0.4 is 5.32 Å². The lowest BCUT2D eigenvalue weighted by Gasteiger charge is -2.28. The Morgan fingerprint density at radius 2 is 2.42 bits per heavy atom. The van der Waals surface area contributed by atoms with E-state index >= 15 is 0 Å². The van der Waals surface area contributed by atoms with Crippen LogP contribution in [-0.4, -0.2) is 11.4 Å². The van der Waals surface area contributed by atoms with Gasteiger partial charge in [-0.1, -0.05) is 30.4 Å². The van der Waals surface area contributed by atoms with Gasteiger partial charge in [-0.05, 0) is 6.42 Å². The van der Waals surface area contributed by atoms with E-state index in [9.17, 15) is 4.79 Å². The molecule has 64 valence electrons. The predicted molar refractivity (Wildman–Crippen MR) is 49.6 cm³/mol. The van der Waals surface area contributed by atoms with Crippen LogP contribution in [0.1, 0.15) is 13.3 Å². The molecule has 1 unspecified atom stereocenters. The molecular formula is C10H13NO. The Labute approximate surface area is 72.7 Å². The van der Waals surface area contributed by atoms with Gasteiger partial charge in [-0.25, -0.2) is 0 Å². The van der Waals surface area contributed by atoms with Gasteiger partial charge < -0.3 is 5.32 Å². The molecule has 0 saturated heterocycles. The van der Waals surface area contributed by atoms with Crippen molar-refractivity contribution in [2.45, 2.75) is 18.9 Å². The number of hydrogen-bond acceptors (Lipinski definition) is 1. The zero-order valence-corrected chi connectivity index (χ0v) is 7.21. The molecule has 0 bridgehead atoms. The standard InChI is InChI=1S/C10H13NO/c1-3-10(11-9(2)12)7-5-4-6-8-10/h3-7H,1,8H2,2H3,(H,11,12). The van der Waals surface area contributed by atoms with Crippen molar-refractivity contribution < 1.29 is 4.79 Å². The molecule has 0 radical (unpaired) electrons. The summed E-state index contributed by atoms with van der Waals surface area (Å²) in [6.07, 6.45) is 10.4. The molecule has 2 nitrogen and oxygen atoms in total. The summed E-state index contributed by atoms with van der Waals surface area (Å²) in [5, 5.41) is 2.85. The molecule has 1 N–H and O–H groups in total. The molecule has 1 rings (SSSR count). The second kappa shape index (κ2) is 3.39. The van der Waals surface area contributed by atoms with Gasteiger partial charge in [-0.15, -0.1) is 6.58 Å². The molecule has 0 spiro atoms. The van der Waals surface area contributed by atoms with Crippen LogP contribution in [0.25, 0.3) is 0 Å². The zero-order chi connectivity index (χ0) is 9.03. The molecule has 0 heterocycles. The minimum Gasteiger partial charge on any atom is -0.344 e. The third kappa shape index (κ3) is 1.84. The fraction of sp³-hybridized carbons (Fsp3) is 0.300. The van der Waals surface area contributed by atoms with E-state index in [2.05, 4.69) is 11.9 Å². The van der Waals surface area contributed by atoms with Crippen molar-refractivity contribution >= 4 is 5.91 Å². The van der Waals surface area contributed by atoms with Crippen molar-refractivity contribution in [3.8, 4) is 0 Å². The molecule has 1 aliphatic rings. The van der Waals surface area contributed by atoms with Crippen molar-refractivity contribution in [2.24, 2.45) is 0 Å². The lowest BCUT2D eigenvalue weighted by atomic mass is 9.91. The highest BCUT2D eigenvalue weighted by molar-refractivity contribution is 5.74. The van der Waals surface area contributed by atoms with Gasteiger partial charge >= 0.3 is 0 Å². The second-order valence-corrected chi connectivity index (χ2v) is 2.92. The highest BCUT2D eigenvalue weighted by Crippen LogP contribution is 2.18. The molecule has 12 heavy (non-hydrogen) atoms. The molecule has 2 heteroatoms. The van der Waals surface area contributed by atoms with E-state index in [1.54, 1.807) is 6.08 Å². The molecule has 1 atom stereocenters. The van der Waals surface area contributed by atoms with Crippen LogP contribution in [0.15, 0.2) is 37.0 Å². The summed E-state index contributed by atoms with van der Waals surface area (Å²) >= 11 is 0. The number of rotatable bonds is 2. The third-order valence-electron chi connectivity index (χ3n) is 1.87. The summed E-state index contributed by atoms with van der Waals surface area (Å²) < 4.78 is 0. The zero-order valence-electron chi connectivity index (χ0n) is 7.21. The molecule has 0 aromatic heterocycles. The van der Waals surface area contributed by atoms with Crippen LogP contribution >= 0.6 is 0 Å². The number of carbonyl (C=O) groups excluding carboxylic acids is 1. The van der Waals surface area contributed by atoms with Gasteiger partial charge in [0.05, 0.1) is 5.54 Å². The maximum absolute atomic E-state index is 10.9. The molecule has 0 fully saturated rings. The molecular weight excluding hydrogens is 150 g/mol. The van der Waals surface area contributed by atoms with E-state index in [1.807, 2.05) is 24.3 Å². The van der Waals surface area contributed by atoms with Gasteiger partial charge in [0.2, 0.25) is 5.91 Å². The summed E-state index contributed by atoms with van der Waals surface area (Å²) in [4.78, 5) is 10.9. The largest absolute Gasteiger partial charge is 0.344 e. The summed E-state index contributed by atoms with van der Waals surface area (Å²) in [6, 6.07) is 0. The Hall–Kier alpha value is -1.31. The maximum atomic E-state index is 10.9. The van der Waals surface area contributed by atoms with Gasteiger partial charge in [-0.2, -0.15) is 0 Å². The van der Waals surface area contributed by atoms with Gasteiger partial charge in [-0.3, -0.25) is 4.79 Å². The number of amides is 1. The summed E-state index contributed by atoms with van der Waals surface area (Å²) in [5.41, 5.74) is -0.361. The number of nitrogens with one attached hydrogen (secondary N) is 1. The minimum atomic E-state index is -0.361. The van der Waals surface area contributed by atoms with Crippen LogP contribution in [0.4, 0.5) is 0 Å². The van der Waals surface area contributed by atoms with Crippen LogP contribution in [0.5, 0.6) is 0 Å². The fourth-order valence-corrected chi connectivity index (χ4v) is 1.26. The SMILES string of the molecule is C=CC1(NC(C)=O)C=CC=CC1.